The van der Waals surface area contributed by atoms with Crippen molar-refractivity contribution in [2.75, 3.05) is 7.05 Å². The van der Waals surface area contributed by atoms with E-state index in [4.69, 9.17) is 5.11 Å². The average Bonchev–Trinajstić information content (AvgIpc) is 2.26. The Morgan fingerprint density at radius 2 is 2.25 bits per heavy atom. The Morgan fingerprint density at radius 3 is 2.69 bits per heavy atom. The highest BCUT2D eigenvalue weighted by atomic mass is 19.1. The zero-order valence-electron chi connectivity index (χ0n) is 8.85. The van der Waals surface area contributed by atoms with Crippen LogP contribution in [-0.2, 0) is 15.1 Å². The summed E-state index contributed by atoms with van der Waals surface area (Å²) < 4.78 is 13.0. The summed E-state index contributed by atoms with van der Waals surface area (Å²) in [5, 5.41) is 9.13. The van der Waals surface area contributed by atoms with Crippen molar-refractivity contribution in [3.63, 3.8) is 0 Å². The van der Waals surface area contributed by atoms with Gasteiger partial charge in [0.1, 0.15) is 5.82 Å². The Labute approximate surface area is 91.5 Å². The quantitative estimate of drug-likeness (QED) is 0.763. The van der Waals surface area contributed by atoms with Gasteiger partial charge in [-0.3, -0.25) is 9.78 Å². The molecule has 0 saturated heterocycles. The average molecular weight is 226 g/mol. The third-order valence-corrected chi connectivity index (χ3v) is 2.55. The summed E-state index contributed by atoms with van der Waals surface area (Å²) in [7, 11) is 1.31. The number of halogens is 1. The van der Waals surface area contributed by atoms with E-state index in [9.17, 15) is 14.0 Å². The van der Waals surface area contributed by atoms with Crippen molar-refractivity contribution in [1.82, 2.24) is 9.88 Å². The molecule has 0 saturated carbocycles. The van der Waals surface area contributed by atoms with Gasteiger partial charge in [0.2, 0.25) is 6.41 Å². The zero-order chi connectivity index (χ0) is 12.3. The predicted octanol–water partition coefficient (Wildman–Crippen LogP) is 0.609. The van der Waals surface area contributed by atoms with E-state index in [0.717, 1.165) is 17.2 Å². The van der Waals surface area contributed by atoms with Crippen LogP contribution in [0.4, 0.5) is 4.39 Å². The van der Waals surface area contributed by atoms with E-state index >= 15 is 0 Å². The summed E-state index contributed by atoms with van der Waals surface area (Å²) >= 11 is 0. The predicted molar refractivity (Wildman–Crippen MR) is 53.0 cm³/mol. The highest BCUT2D eigenvalue weighted by Crippen LogP contribution is 2.26. The van der Waals surface area contributed by atoms with E-state index in [1.807, 2.05) is 0 Å². The molecule has 0 fully saturated rings. The van der Waals surface area contributed by atoms with Gasteiger partial charge >= 0.3 is 5.97 Å². The highest BCUT2D eigenvalue weighted by molar-refractivity contribution is 5.82. The van der Waals surface area contributed by atoms with Crippen molar-refractivity contribution < 1.29 is 19.1 Å². The fourth-order valence-electron chi connectivity index (χ4n) is 1.26. The molecule has 16 heavy (non-hydrogen) atoms. The lowest BCUT2D eigenvalue weighted by Gasteiger charge is -2.32. The van der Waals surface area contributed by atoms with Crippen molar-refractivity contribution in [3.8, 4) is 0 Å². The van der Waals surface area contributed by atoms with Crippen molar-refractivity contribution in [1.29, 1.82) is 0 Å². The van der Waals surface area contributed by atoms with Crippen LogP contribution in [0.2, 0.25) is 0 Å². The first-order chi connectivity index (χ1) is 7.42. The molecule has 1 N–H and O–H groups in total. The molecule has 1 atom stereocenters. The monoisotopic (exact) mass is 226 g/mol. The largest absolute Gasteiger partial charge is 0.479 e. The summed E-state index contributed by atoms with van der Waals surface area (Å²) in [5.41, 5.74) is -1.52. The van der Waals surface area contributed by atoms with Crippen molar-refractivity contribution in [2.45, 2.75) is 12.5 Å². The van der Waals surface area contributed by atoms with Gasteiger partial charge in [-0.05, 0) is 13.0 Å². The molecule has 0 aromatic carbocycles. The lowest BCUT2D eigenvalue weighted by Crippen LogP contribution is -2.47. The van der Waals surface area contributed by atoms with E-state index in [1.54, 1.807) is 0 Å². The molecule has 1 aromatic heterocycles. The molecule has 1 unspecified atom stereocenters. The molecule has 0 radical (unpaired) electrons. The van der Waals surface area contributed by atoms with Crippen LogP contribution >= 0.6 is 0 Å². The number of hydrogen-bond acceptors (Lipinski definition) is 3. The van der Waals surface area contributed by atoms with Gasteiger partial charge in [0.25, 0.3) is 0 Å². The lowest BCUT2D eigenvalue weighted by molar-refractivity contribution is -0.153. The van der Waals surface area contributed by atoms with Gasteiger partial charge in [-0.25, -0.2) is 9.18 Å². The molecule has 1 aromatic rings. The van der Waals surface area contributed by atoms with Gasteiger partial charge in [0.05, 0.1) is 6.20 Å². The molecule has 0 spiro atoms. The summed E-state index contributed by atoms with van der Waals surface area (Å²) in [6.07, 6.45) is 2.56. The standard InChI is InChI=1S/C10H11FN2O3/c1-10(9(15)16,13(2)6-14)7-3-8(11)5-12-4-7/h3-6H,1-2H3,(H,15,16). The lowest BCUT2D eigenvalue weighted by atomic mass is 9.92. The Kier molecular flexibility index (Phi) is 3.22. The molecule has 1 heterocycles. The number of amides is 1. The normalized spacial score (nSPS) is 13.9. The number of likely N-dealkylation sites (N-methyl/N-ethyl adjacent to an activating group) is 1. The molecule has 0 bridgehead atoms. The molecular formula is C10H11FN2O3. The van der Waals surface area contributed by atoms with Crippen molar-refractivity contribution >= 4 is 12.4 Å². The zero-order valence-corrected chi connectivity index (χ0v) is 8.85. The maximum Gasteiger partial charge on any atom is 0.334 e. The van der Waals surface area contributed by atoms with Crippen molar-refractivity contribution in [3.05, 3.63) is 29.8 Å². The first kappa shape index (κ1) is 12.1. The maximum absolute atomic E-state index is 13.0. The summed E-state index contributed by atoms with van der Waals surface area (Å²) in [6, 6.07) is 1.04. The van der Waals surface area contributed by atoms with E-state index in [-0.39, 0.29) is 5.56 Å². The summed E-state index contributed by atoms with van der Waals surface area (Å²) in [6.45, 7) is 1.31. The Hall–Kier alpha value is -1.98. The van der Waals surface area contributed by atoms with E-state index in [0.29, 0.717) is 6.41 Å². The number of nitrogens with zero attached hydrogens (tertiary/aromatic N) is 2. The Morgan fingerprint density at radius 1 is 1.62 bits per heavy atom. The molecule has 0 aliphatic heterocycles. The maximum atomic E-state index is 13.0. The third kappa shape index (κ3) is 1.86. The minimum atomic E-state index is -1.63. The van der Waals surface area contributed by atoms with E-state index < -0.39 is 17.3 Å². The number of aromatic nitrogens is 1. The van der Waals surface area contributed by atoms with Crippen LogP contribution in [0.3, 0.4) is 0 Å². The van der Waals surface area contributed by atoms with E-state index in [1.165, 1.54) is 20.2 Å². The van der Waals surface area contributed by atoms with Gasteiger partial charge < -0.3 is 10.0 Å². The first-order valence-electron chi connectivity index (χ1n) is 4.45. The van der Waals surface area contributed by atoms with E-state index in [2.05, 4.69) is 4.98 Å². The Bertz CT molecular complexity index is 424. The van der Waals surface area contributed by atoms with Crippen LogP contribution < -0.4 is 0 Å². The minimum Gasteiger partial charge on any atom is -0.479 e. The summed E-state index contributed by atoms with van der Waals surface area (Å²) in [5.74, 6) is -1.90. The summed E-state index contributed by atoms with van der Waals surface area (Å²) in [4.78, 5) is 26.4. The van der Waals surface area contributed by atoms with Crippen LogP contribution in [-0.4, -0.2) is 34.4 Å². The number of carbonyl (C=O) groups excluding carboxylic acids is 1. The molecule has 86 valence electrons. The van der Waals surface area contributed by atoms with Crippen LogP contribution in [0.25, 0.3) is 0 Å². The van der Waals surface area contributed by atoms with Gasteiger partial charge in [0, 0.05) is 18.8 Å². The Balaban J connectivity index is 3.32. The number of carboxylic acids is 1. The van der Waals surface area contributed by atoms with Gasteiger partial charge in [-0.15, -0.1) is 0 Å². The molecule has 0 aliphatic rings. The van der Waals surface area contributed by atoms with Crippen LogP contribution in [0.15, 0.2) is 18.5 Å². The number of rotatable bonds is 4. The minimum absolute atomic E-state index is 0.106. The number of carbonyl (C=O) groups is 2. The number of hydrogen-bond donors (Lipinski definition) is 1. The fourth-order valence-corrected chi connectivity index (χ4v) is 1.26. The first-order valence-corrected chi connectivity index (χ1v) is 4.45. The van der Waals surface area contributed by atoms with Gasteiger partial charge in [-0.1, -0.05) is 0 Å². The van der Waals surface area contributed by atoms with Crippen LogP contribution in [0, 0.1) is 5.82 Å². The molecule has 6 heteroatoms. The van der Waals surface area contributed by atoms with Gasteiger partial charge in [-0.2, -0.15) is 0 Å². The SMILES string of the molecule is CN(C=O)C(C)(C(=O)O)c1cncc(F)c1. The van der Waals surface area contributed by atoms with Crippen molar-refractivity contribution in [2.24, 2.45) is 0 Å². The molecule has 1 amide bonds. The number of aliphatic carboxylic acids is 1. The topological polar surface area (TPSA) is 70.5 Å². The third-order valence-electron chi connectivity index (χ3n) is 2.55. The second kappa shape index (κ2) is 4.26. The second-order valence-corrected chi connectivity index (χ2v) is 3.49. The number of carboxylic acid groups (broad SMARTS) is 1. The molecular weight excluding hydrogens is 215 g/mol. The highest BCUT2D eigenvalue weighted by Gasteiger charge is 2.39. The molecule has 5 nitrogen and oxygen atoms in total. The smallest absolute Gasteiger partial charge is 0.334 e. The van der Waals surface area contributed by atoms with Crippen LogP contribution in [0.5, 0.6) is 0 Å². The van der Waals surface area contributed by atoms with Gasteiger partial charge in [0.15, 0.2) is 5.54 Å². The number of pyridine rings is 1. The molecule has 0 aliphatic carbocycles. The fraction of sp³-hybridized carbons (Fsp3) is 0.300. The second-order valence-electron chi connectivity index (χ2n) is 3.49. The molecule has 1 rings (SSSR count). The van der Waals surface area contributed by atoms with Crippen LogP contribution in [0.1, 0.15) is 12.5 Å².